The average molecular weight is 654 g/mol. The van der Waals surface area contributed by atoms with E-state index < -0.39 is 36.8 Å². The minimum atomic E-state index is -1.67. The Labute approximate surface area is 267 Å². The van der Waals surface area contributed by atoms with Crippen LogP contribution in [-0.4, -0.2) is 123 Å². The monoisotopic (exact) mass is 653 g/mol. The van der Waals surface area contributed by atoms with Crippen molar-refractivity contribution in [2.24, 2.45) is 11.8 Å². The number of benzene rings is 1. The Bertz CT molecular complexity index is 1200. The van der Waals surface area contributed by atoms with Crippen molar-refractivity contribution in [2.45, 2.75) is 63.1 Å². The maximum Gasteiger partial charge on any atom is 0.227 e. The number of carbonyl (C=O) groups excluding carboxylic acids is 1. The summed E-state index contributed by atoms with van der Waals surface area (Å²) in [7, 11) is 0. The van der Waals surface area contributed by atoms with Crippen molar-refractivity contribution in [1.29, 1.82) is 0 Å². The summed E-state index contributed by atoms with van der Waals surface area (Å²) >= 11 is 5.88. The highest BCUT2D eigenvalue weighted by Gasteiger charge is 2.32. The van der Waals surface area contributed by atoms with Crippen molar-refractivity contribution in [2.75, 3.05) is 57.4 Å². The molecule has 1 aromatic carbocycles. The Kier molecular flexibility index (Phi) is 13.7. The number of carbonyl (C=O) groups is 1. The van der Waals surface area contributed by atoms with Crippen LogP contribution in [0.1, 0.15) is 36.8 Å². The summed E-state index contributed by atoms with van der Waals surface area (Å²) in [6, 6.07) is 4.85. The molecule has 3 heterocycles. The molecular weight excluding hydrogens is 609 g/mol. The van der Waals surface area contributed by atoms with Crippen LogP contribution in [0.2, 0.25) is 5.02 Å². The number of likely N-dealkylation sites (tertiary alicyclic amines) is 1. The Morgan fingerprint density at radius 3 is 2.42 bits per heavy atom. The van der Waals surface area contributed by atoms with Crippen LogP contribution in [0.25, 0.3) is 0 Å². The summed E-state index contributed by atoms with van der Waals surface area (Å²) in [5.41, 5.74) is 1.06. The lowest BCUT2D eigenvalue weighted by Crippen LogP contribution is -2.55. The van der Waals surface area contributed by atoms with Gasteiger partial charge in [0, 0.05) is 51.8 Å². The van der Waals surface area contributed by atoms with Gasteiger partial charge in [-0.25, -0.2) is 14.4 Å². The number of anilines is 1. The number of nitrogens with one attached hydrogen (secondary N) is 1. The molecule has 14 heteroatoms. The van der Waals surface area contributed by atoms with Crippen molar-refractivity contribution < 1.29 is 39.5 Å². The van der Waals surface area contributed by atoms with E-state index in [0.717, 1.165) is 50.3 Å². The smallest absolute Gasteiger partial charge is 0.227 e. The molecule has 6 N–H and O–H groups in total. The van der Waals surface area contributed by atoms with E-state index in [1.54, 1.807) is 29.4 Å². The zero-order chi connectivity index (χ0) is 32.3. The fourth-order valence-electron chi connectivity index (χ4n) is 5.68. The lowest BCUT2D eigenvalue weighted by Gasteiger charge is -2.39. The number of hydrogen-bond donors (Lipinski definition) is 6. The summed E-state index contributed by atoms with van der Waals surface area (Å²) in [6.07, 6.45) is 1.17. The average Bonchev–Trinajstić information content (AvgIpc) is 3.02. The summed E-state index contributed by atoms with van der Waals surface area (Å²) in [4.78, 5) is 25.1. The van der Waals surface area contributed by atoms with E-state index in [-0.39, 0.29) is 24.8 Å². The van der Waals surface area contributed by atoms with Gasteiger partial charge in [-0.1, -0.05) is 23.7 Å². The molecule has 1 amide bonds. The van der Waals surface area contributed by atoms with Crippen molar-refractivity contribution in [1.82, 2.24) is 20.2 Å². The second-order valence-electron chi connectivity index (χ2n) is 12.1. The molecule has 2 unspecified atom stereocenters. The Morgan fingerprint density at radius 1 is 1.07 bits per heavy atom. The van der Waals surface area contributed by atoms with E-state index in [4.69, 9.17) is 21.4 Å². The highest BCUT2D eigenvalue weighted by atomic mass is 35.5. The van der Waals surface area contributed by atoms with Gasteiger partial charge in [0.15, 0.2) is 0 Å². The maximum absolute atomic E-state index is 14.8. The van der Waals surface area contributed by atoms with E-state index in [1.807, 2.05) is 0 Å². The molecule has 4 rings (SSSR count). The molecule has 0 bridgehead atoms. The summed E-state index contributed by atoms with van der Waals surface area (Å²) in [5, 5.41) is 51.2. The molecule has 2 aliphatic rings. The normalized spacial score (nSPS) is 18.8. The molecule has 0 aliphatic carbocycles. The third kappa shape index (κ3) is 10.5. The molecule has 45 heavy (non-hydrogen) atoms. The maximum atomic E-state index is 14.8. The second-order valence-corrected chi connectivity index (χ2v) is 12.5. The molecule has 2 saturated heterocycles. The van der Waals surface area contributed by atoms with E-state index in [9.17, 15) is 29.6 Å². The lowest BCUT2D eigenvalue weighted by molar-refractivity contribution is -0.136. The first kappa shape index (κ1) is 35.4. The van der Waals surface area contributed by atoms with Crippen LogP contribution in [0, 0.1) is 17.7 Å². The van der Waals surface area contributed by atoms with E-state index >= 15 is 0 Å². The number of halogens is 2. The number of hydrogen-bond acceptors (Lipinski definition) is 11. The summed E-state index contributed by atoms with van der Waals surface area (Å²) in [5.74, 6) is 0.881. The van der Waals surface area contributed by atoms with Gasteiger partial charge in [-0.3, -0.25) is 4.79 Å². The topological polar surface area (TPSA) is 172 Å². The summed E-state index contributed by atoms with van der Waals surface area (Å²) in [6.45, 7) is 3.41. The molecule has 0 saturated carbocycles. The van der Waals surface area contributed by atoms with Gasteiger partial charge >= 0.3 is 0 Å². The largest absolute Gasteiger partial charge is 0.394 e. The van der Waals surface area contributed by atoms with Crippen molar-refractivity contribution in [3.8, 4) is 0 Å². The number of ether oxygens (including phenoxy) is 1. The van der Waals surface area contributed by atoms with Gasteiger partial charge in [0.1, 0.15) is 24.1 Å². The van der Waals surface area contributed by atoms with Gasteiger partial charge in [0.25, 0.3) is 0 Å². The molecule has 4 atom stereocenters. The van der Waals surface area contributed by atoms with E-state index in [2.05, 4.69) is 20.2 Å². The Morgan fingerprint density at radius 2 is 1.76 bits per heavy atom. The molecule has 250 valence electrons. The highest BCUT2D eigenvalue weighted by Crippen LogP contribution is 2.25. The standard InChI is InChI=1S/C31H45ClFN5O7/c32-24-13-35-31(36-14-24)37-7-5-20(6-8-37)2-1-9-45-19-21-3-4-23(25(33)10-21)11-28(42)38-16-22(17-38)12-34-15-26(40)29(43)30(44)27(41)18-39/h3-4,10,13-14,20,22,26-27,29-30,34,39-41,43-44H,1-2,5-9,11-12,15-19H2/t26-,27+,29?,30?/m0/s1. The molecule has 0 spiro atoms. The van der Waals surface area contributed by atoms with Crippen LogP contribution >= 0.6 is 11.6 Å². The van der Waals surface area contributed by atoms with Crippen LogP contribution in [0.3, 0.4) is 0 Å². The first-order chi connectivity index (χ1) is 21.6. The first-order valence-electron chi connectivity index (χ1n) is 15.5. The van der Waals surface area contributed by atoms with Crippen molar-refractivity contribution >= 4 is 23.5 Å². The van der Waals surface area contributed by atoms with Crippen LogP contribution in [0.5, 0.6) is 0 Å². The van der Waals surface area contributed by atoms with Gasteiger partial charge in [-0.15, -0.1) is 0 Å². The van der Waals surface area contributed by atoms with Gasteiger partial charge < -0.3 is 45.4 Å². The predicted octanol–water partition coefficient (Wildman–Crippen LogP) is 0.509. The number of aromatic nitrogens is 2. The SMILES string of the molecule is O=C(Cc1ccc(COCCCC2CCN(c3ncc(Cl)cn3)CC2)cc1F)N1CC(CNC[C@H](O)C(O)C(O)[C@H](O)CO)C1. The van der Waals surface area contributed by atoms with Crippen molar-refractivity contribution in [3.63, 3.8) is 0 Å². The first-order valence-corrected chi connectivity index (χ1v) is 15.9. The second kappa shape index (κ2) is 17.4. The van der Waals surface area contributed by atoms with E-state index in [0.29, 0.717) is 49.4 Å². The van der Waals surface area contributed by atoms with Gasteiger partial charge in [0.2, 0.25) is 11.9 Å². The zero-order valence-electron chi connectivity index (χ0n) is 25.3. The lowest BCUT2D eigenvalue weighted by atomic mass is 9.92. The quantitative estimate of drug-likeness (QED) is 0.131. The minimum Gasteiger partial charge on any atom is -0.394 e. The minimum absolute atomic E-state index is 0.0357. The van der Waals surface area contributed by atoms with Crippen LogP contribution in [0.4, 0.5) is 10.3 Å². The van der Waals surface area contributed by atoms with E-state index in [1.165, 1.54) is 6.07 Å². The number of amides is 1. The van der Waals surface area contributed by atoms with Crippen molar-refractivity contribution in [3.05, 3.63) is 52.6 Å². The summed E-state index contributed by atoms with van der Waals surface area (Å²) < 4.78 is 20.6. The molecule has 2 aromatic rings. The molecule has 2 fully saturated rings. The molecule has 2 aliphatic heterocycles. The Hall–Kier alpha value is -2.49. The van der Waals surface area contributed by atoms with Crippen LogP contribution in [-0.2, 0) is 22.6 Å². The number of rotatable bonds is 17. The van der Waals surface area contributed by atoms with Gasteiger partial charge in [0.05, 0.1) is 43.2 Å². The van der Waals surface area contributed by atoms with Gasteiger partial charge in [-0.2, -0.15) is 0 Å². The zero-order valence-corrected chi connectivity index (χ0v) is 26.1. The predicted molar refractivity (Wildman–Crippen MR) is 165 cm³/mol. The fraction of sp³-hybridized carbons (Fsp3) is 0.645. The highest BCUT2D eigenvalue weighted by molar-refractivity contribution is 6.30. The van der Waals surface area contributed by atoms with Gasteiger partial charge in [-0.05, 0) is 48.8 Å². The third-order valence-electron chi connectivity index (χ3n) is 8.55. The molecule has 0 radical (unpaired) electrons. The molecular formula is C31H45ClFN5O7. The number of aliphatic hydroxyl groups excluding tert-OH is 5. The third-order valence-corrected chi connectivity index (χ3v) is 8.75. The van der Waals surface area contributed by atoms with Crippen LogP contribution in [0.15, 0.2) is 30.6 Å². The number of aliphatic hydroxyl groups is 5. The van der Waals surface area contributed by atoms with Crippen LogP contribution < -0.4 is 10.2 Å². The number of piperidine rings is 1. The molecule has 1 aromatic heterocycles. The molecule has 12 nitrogen and oxygen atoms in total. The fourth-order valence-corrected chi connectivity index (χ4v) is 5.77. The Balaban J connectivity index is 1.06. The number of nitrogens with zero attached hydrogens (tertiary/aromatic N) is 4.